The fourth-order valence-corrected chi connectivity index (χ4v) is 3.54. The molecule has 148 valence electrons. The minimum absolute atomic E-state index is 0.0718. The van der Waals surface area contributed by atoms with Gasteiger partial charge in [0, 0.05) is 31.8 Å². The van der Waals surface area contributed by atoms with Crippen molar-refractivity contribution < 1.29 is 4.79 Å². The lowest BCUT2D eigenvalue weighted by Gasteiger charge is -2.28. The van der Waals surface area contributed by atoms with Crippen molar-refractivity contribution in [3.05, 3.63) is 71.0 Å². The first-order chi connectivity index (χ1) is 14.1. The average Bonchev–Trinajstić information content (AvgIpc) is 2.75. The molecule has 0 saturated carbocycles. The van der Waals surface area contributed by atoms with Crippen LogP contribution in [0.15, 0.2) is 48.7 Å². The maximum absolute atomic E-state index is 11.9. The minimum atomic E-state index is 0.0718. The van der Waals surface area contributed by atoms with Crippen molar-refractivity contribution in [1.29, 1.82) is 0 Å². The summed E-state index contributed by atoms with van der Waals surface area (Å²) in [4.78, 5) is 27.6. The zero-order valence-corrected chi connectivity index (χ0v) is 16.9. The van der Waals surface area contributed by atoms with Crippen molar-refractivity contribution in [2.75, 3.05) is 18.4 Å². The fraction of sp³-hybridized carbons (Fsp3) is 0.304. The Bertz CT molecular complexity index is 1000. The summed E-state index contributed by atoms with van der Waals surface area (Å²) < 4.78 is 0. The van der Waals surface area contributed by atoms with Crippen molar-refractivity contribution in [1.82, 2.24) is 19.9 Å². The van der Waals surface area contributed by atoms with Gasteiger partial charge in [0.25, 0.3) is 0 Å². The molecule has 3 aromatic rings. The normalized spacial score (nSPS) is 13.1. The standard InChI is InChI=1S/C23H25N5O/c1-16-6-8-18(9-7-16)10-13-25-22-19-11-14-28(17(2)29)15-21(19)26-23(27-22)20-5-3-4-12-24-20/h3-9,12H,10-11,13-15H2,1-2H3,(H,25,26,27). The van der Waals surface area contributed by atoms with Crippen LogP contribution in [-0.4, -0.2) is 38.8 Å². The molecule has 2 aromatic heterocycles. The molecule has 4 rings (SSSR count). The van der Waals surface area contributed by atoms with E-state index in [1.54, 1.807) is 13.1 Å². The average molecular weight is 387 g/mol. The number of nitrogens with one attached hydrogen (secondary N) is 1. The molecule has 0 saturated heterocycles. The molecule has 1 aliphatic heterocycles. The summed E-state index contributed by atoms with van der Waals surface area (Å²) in [7, 11) is 0. The van der Waals surface area contributed by atoms with E-state index in [-0.39, 0.29) is 5.91 Å². The number of hydrogen-bond donors (Lipinski definition) is 1. The third-order valence-electron chi connectivity index (χ3n) is 5.23. The van der Waals surface area contributed by atoms with Crippen LogP contribution in [-0.2, 0) is 24.2 Å². The molecule has 6 heteroatoms. The highest BCUT2D eigenvalue weighted by molar-refractivity contribution is 5.74. The van der Waals surface area contributed by atoms with E-state index in [0.29, 0.717) is 18.9 Å². The Morgan fingerprint density at radius 3 is 2.69 bits per heavy atom. The molecule has 0 bridgehead atoms. The van der Waals surface area contributed by atoms with Crippen LogP contribution in [0.4, 0.5) is 5.82 Å². The van der Waals surface area contributed by atoms with Crippen LogP contribution < -0.4 is 5.32 Å². The summed E-state index contributed by atoms with van der Waals surface area (Å²) in [5, 5.41) is 3.51. The van der Waals surface area contributed by atoms with E-state index < -0.39 is 0 Å². The maximum atomic E-state index is 11.9. The van der Waals surface area contributed by atoms with E-state index in [1.807, 2.05) is 23.1 Å². The van der Waals surface area contributed by atoms with E-state index in [4.69, 9.17) is 9.97 Å². The van der Waals surface area contributed by atoms with E-state index in [0.717, 1.165) is 42.2 Å². The Labute approximate surface area is 171 Å². The van der Waals surface area contributed by atoms with Gasteiger partial charge in [-0.05, 0) is 37.5 Å². The molecule has 0 spiro atoms. The lowest BCUT2D eigenvalue weighted by Crippen LogP contribution is -2.35. The lowest BCUT2D eigenvalue weighted by atomic mass is 10.0. The highest BCUT2D eigenvalue weighted by atomic mass is 16.2. The van der Waals surface area contributed by atoms with Gasteiger partial charge in [-0.25, -0.2) is 9.97 Å². The van der Waals surface area contributed by atoms with Crippen LogP contribution in [0.25, 0.3) is 11.5 Å². The minimum Gasteiger partial charge on any atom is -0.369 e. The van der Waals surface area contributed by atoms with Gasteiger partial charge in [0.05, 0.1) is 12.2 Å². The molecule has 29 heavy (non-hydrogen) atoms. The molecular weight excluding hydrogens is 362 g/mol. The van der Waals surface area contributed by atoms with Crippen LogP contribution in [0.1, 0.15) is 29.3 Å². The van der Waals surface area contributed by atoms with E-state index in [1.165, 1.54) is 11.1 Å². The van der Waals surface area contributed by atoms with Gasteiger partial charge in [-0.15, -0.1) is 0 Å². The quantitative estimate of drug-likeness (QED) is 0.726. The number of aryl methyl sites for hydroxylation is 1. The molecule has 1 N–H and O–H groups in total. The molecule has 0 radical (unpaired) electrons. The van der Waals surface area contributed by atoms with Crippen LogP contribution in [0.5, 0.6) is 0 Å². The Balaban J connectivity index is 1.60. The first-order valence-electron chi connectivity index (χ1n) is 9.96. The molecule has 0 fully saturated rings. The van der Waals surface area contributed by atoms with Gasteiger partial charge in [0.1, 0.15) is 11.5 Å². The number of carbonyl (C=O) groups excluding carboxylic acids is 1. The molecule has 0 atom stereocenters. The number of benzene rings is 1. The van der Waals surface area contributed by atoms with E-state index >= 15 is 0 Å². The summed E-state index contributed by atoms with van der Waals surface area (Å²) in [5.74, 6) is 1.51. The second-order valence-corrected chi connectivity index (χ2v) is 7.39. The molecule has 0 unspecified atom stereocenters. The number of anilines is 1. The fourth-order valence-electron chi connectivity index (χ4n) is 3.54. The molecule has 1 aliphatic rings. The second-order valence-electron chi connectivity index (χ2n) is 7.39. The predicted molar refractivity (Wildman–Crippen MR) is 113 cm³/mol. The number of hydrogen-bond acceptors (Lipinski definition) is 5. The van der Waals surface area contributed by atoms with Gasteiger partial charge in [0.15, 0.2) is 5.82 Å². The number of fused-ring (bicyclic) bond motifs is 1. The highest BCUT2D eigenvalue weighted by Crippen LogP contribution is 2.26. The van der Waals surface area contributed by atoms with Gasteiger partial charge >= 0.3 is 0 Å². The number of aromatic nitrogens is 3. The van der Waals surface area contributed by atoms with Crippen molar-refractivity contribution in [3.63, 3.8) is 0 Å². The van der Waals surface area contributed by atoms with Crippen molar-refractivity contribution in [3.8, 4) is 11.5 Å². The lowest BCUT2D eigenvalue weighted by molar-refractivity contribution is -0.129. The Kier molecular flexibility index (Phi) is 5.51. The van der Waals surface area contributed by atoms with Crippen LogP contribution in [0, 0.1) is 6.92 Å². The zero-order chi connectivity index (χ0) is 20.2. The molecule has 0 aliphatic carbocycles. The van der Waals surface area contributed by atoms with Crippen molar-refractivity contribution in [2.24, 2.45) is 0 Å². The first kappa shape index (κ1) is 19.1. The van der Waals surface area contributed by atoms with Gasteiger partial charge in [-0.2, -0.15) is 0 Å². The predicted octanol–water partition coefficient (Wildman–Crippen LogP) is 3.41. The number of carbonyl (C=O) groups is 1. The number of amides is 1. The summed E-state index contributed by atoms with van der Waals surface area (Å²) in [6.45, 7) is 5.69. The summed E-state index contributed by atoms with van der Waals surface area (Å²) >= 11 is 0. The van der Waals surface area contributed by atoms with E-state index in [9.17, 15) is 4.79 Å². The summed E-state index contributed by atoms with van der Waals surface area (Å²) in [5.41, 5.74) is 5.29. The Morgan fingerprint density at radius 2 is 1.97 bits per heavy atom. The molecule has 3 heterocycles. The smallest absolute Gasteiger partial charge is 0.219 e. The Hall–Kier alpha value is -3.28. The number of nitrogens with zero attached hydrogens (tertiary/aromatic N) is 4. The molecule has 1 amide bonds. The number of pyridine rings is 1. The van der Waals surface area contributed by atoms with Gasteiger partial charge in [-0.3, -0.25) is 9.78 Å². The topological polar surface area (TPSA) is 71.0 Å². The monoisotopic (exact) mass is 387 g/mol. The molecule has 6 nitrogen and oxygen atoms in total. The third-order valence-corrected chi connectivity index (χ3v) is 5.23. The highest BCUT2D eigenvalue weighted by Gasteiger charge is 2.24. The molecule has 1 aromatic carbocycles. The van der Waals surface area contributed by atoms with Crippen LogP contribution >= 0.6 is 0 Å². The van der Waals surface area contributed by atoms with Crippen molar-refractivity contribution >= 4 is 11.7 Å². The van der Waals surface area contributed by atoms with Crippen molar-refractivity contribution in [2.45, 2.75) is 33.2 Å². The second kappa shape index (κ2) is 8.39. The molecular formula is C23H25N5O. The van der Waals surface area contributed by atoms with E-state index in [2.05, 4.69) is 41.5 Å². The maximum Gasteiger partial charge on any atom is 0.219 e. The third kappa shape index (κ3) is 4.42. The van der Waals surface area contributed by atoms with Gasteiger partial charge in [-0.1, -0.05) is 35.9 Å². The SMILES string of the molecule is CC(=O)N1CCc2c(nc(-c3ccccn3)nc2NCCc2ccc(C)cc2)C1. The van der Waals surface area contributed by atoms with Gasteiger partial charge < -0.3 is 10.2 Å². The first-order valence-corrected chi connectivity index (χ1v) is 9.96. The van der Waals surface area contributed by atoms with Gasteiger partial charge in [0.2, 0.25) is 5.91 Å². The van der Waals surface area contributed by atoms with Crippen LogP contribution in [0.2, 0.25) is 0 Å². The summed E-state index contributed by atoms with van der Waals surface area (Å²) in [6, 6.07) is 14.3. The Morgan fingerprint density at radius 1 is 1.14 bits per heavy atom. The summed E-state index contributed by atoms with van der Waals surface area (Å²) in [6.07, 6.45) is 3.41. The van der Waals surface area contributed by atoms with Crippen LogP contribution in [0.3, 0.4) is 0 Å². The number of rotatable bonds is 5. The largest absolute Gasteiger partial charge is 0.369 e. The zero-order valence-electron chi connectivity index (χ0n) is 16.9.